The van der Waals surface area contributed by atoms with Gasteiger partial charge in [-0.25, -0.2) is 0 Å². The van der Waals surface area contributed by atoms with E-state index in [2.05, 4.69) is 0 Å². The fourth-order valence-electron chi connectivity index (χ4n) is 3.16. The number of aryl methyl sites for hydroxylation is 1. The van der Waals surface area contributed by atoms with E-state index in [1.807, 2.05) is 43.3 Å². The fraction of sp³-hybridized carbons (Fsp3) is 0.368. The number of rotatable bonds is 4. The van der Waals surface area contributed by atoms with Crippen LogP contribution in [0.5, 0.6) is 5.75 Å². The fourth-order valence-corrected chi connectivity index (χ4v) is 3.16. The van der Waals surface area contributed by atoms with Crippen LogP contribution in [0.3, 0.4) is 0 Å². The minimum Gasteiger partial charge on any atom is -0.507 e. The van der Waals surface area contributed by atoms with Crippen molar-refractivity contribution in [1.82, 2.24) is 9.80 Å². The van der Waals surface area contributed by atoms with Gasteiger partial charge in [0, 0.05) is 31.4 Å². The number of hydrogen-bond acceptors (Lipinski definition) is 3. The van der Waals surface area contributed by atoms with Crippen molar-refractivity contribution >= 4 is 22.6 Å². The molecule has 126 valence electrons. The molecule has 0 spiro atoms. The topological polar surface area (TPSA) is 60.9 Å². The molecule has 0 unspecified atom stereocenters. The van der Waals surface area contributed by atoms with Gasteiger partial charge in [0.1, 0.15) is 5.75 Å². The van der Waals surface area contributed by atoms with Gasteiger partial charge >= 0.3 is 0 Å². The van der Waals surface area contributed by atoms with Crippen molar-refractivity contribution in [2.24, 2.45) is 0 Å². The number of phenolic OH excluding ortho intramolecular Hbond substituents is 1. The van der Waals surface area contributed by atoms with Crippen LogP contribution in [0.1, 0.15) is 18.9 Å². The lowest BCUT2D eigenvalue weighted by atomic mass is 10.0. The van der Waals surface area contributed by atoms with Crippen molar-refractivity contribution in [1.29, 1.82) is 0 Å². The Morgan fingerprint density at radius 1 is 1.17 bits per heavy atom. The first-order valence-corrected chi connectivity index (χ1v) is 8.35. The van der Waals surface area contributed by atoms with Crippen molar-refractivity contribution in [3.63, 3.8) is 0 Å². The molecule has 5 heteroatoms. The van der Waals surface area contributed by atoms with E-state index < -0.39 is 0 Å². The zero-order valence-electron chi connectivity index (χ0n) is 13.9. The molecular formula is C19H22N2O3. The number of aromatic hydroxyl groups is 1. The highest BCUT2D eigenvalue weighted by molar-refractivity contribution is 5.90. The quantitative estimate of drug-likeness (QED) is 0.937. The van der Waals surface area contributed by atoms with Crippen LogP contribution < -0.4 is 0 Å². The molecule has 0 atom stereocenters. The Balaban J connectivity index is 1.65. The Morgan fingerprint density at radius 2 is 1.96 bits per heavy atom. The molecule has 1 aliphatic rings. The van der Waals surface area contributed by atoms with Crippen molar-refractivity contribution in [2.75, 3.05) is 26.2 Å². The van der Waals surface area contributed by atoms with Crippen LogP contribution in [-0.2, 0) is 16.0 Å². The molecule has 2 aromatic carbocycles. The summed E-state index contributed by atoms with van der Waals surface area (Å²) >= 11 is 0. The van der Waals surface area contributed by atoms with Crippen LogP contribution in [0.2, 0.25) is 0 Å². The number of phenols is 1. The third-order valence-electron chi connectivity index (χ3n) is 4.65. The summed E-state index contributed by atoms with van der Waals surface area (Å²) in [7, 11) is 0. The van der Waals surface area contributed by atoms with Gasteiger partial charge in [0.2, 0.25) is 11.8 Å². The summed E-state index contributed by atoms with van der Waals surface area (Å²) < 4.78 is 0. The average Bonchev–Trinajstić information content (AvgIpc) is 2.61. The Hall–Kier alpha value is -2.56. The van der Waals surface area contributed by atoms with Gasteiger partial charge in [-0.1, -0.05) is 36.4 Å². The Kier molecular flexibility index (Phi) is 4.69. The zero-order chi connectivity index (χ0) is 17.1. The van der Waals surface area contributed by atoms with E-state index in [9.17, 15) is 14.7 Å². The second-order valence-corrected chi connectivity index (χ2v) is 6.08. The second kappa shape index (κ2) is 6.91. The van der Waals surface area contributed by atoms with Crippen LogP contribution in [0, 0.1) is 0 Å². The molecule has 0 radical (unpaired) electrons. The molecule has 3 rings (SSSR count). The standard InChI is InChI=1S/C19H22N2O3/c1-2-20-11-12-21(13-18(20)23)17(22)10-9-15-8-7-14-5-3-4-6-16(14)19(15)24/h3-8,24H,2,9-13H2,1H3. The number of benzene rings is 2. The lowest BCUT2D eigenvalue weighted by Gasteiger charge is -2.33. The molecule has 1 saturated heterocycles. The summed E-state index contributed by atoms with van der Waals surface area (Å²) in [4.78, 5) is 27.6. The molecule has 24 heavy (non-hydrogen) atoms. The Bertz CT molecular complexity index is 772. The molecule has 5 nitrogen and oxygen atoms in total. The third-order valence-corrected chi connectivity index (χ3v) is 4.65. The van der Waals surface area contributed by atoms with Gasteiger partial charge in [0.25, 0.3) is 0 Å². The Morgan fingerprint density at radius 3 is 2.71 bits per heavy atom. The van der Waals surface area contributed by atoms with Crippen LogP contribution in [0.4, 0.5) is 0 Å². The number of likely N-dealkylation sites (N-methyl/N-ethyl adjacent to an activating group) is 1. The van der Waals surface area contributed by atoms with Crippen molar-refractivity contribution < 1.29 is 14.7 Å². The van der Waals surface area contributed by atoms with Gasteiger partial charge in [-0.2, -0.15) is 0 Å². The molecule has 0 aliphatic carbocycles. The summed E-state index contributed by atoms with van der Waals surface area (Å²) in [6, 6.07) is 11.5. The molecule has 2 amide bonds. The number of hydrogen-bond donors (Lipinski definition) is 1. The van der Waals surface area contributed by atoms with Crippen molar-refractivity contribution in [3.8, 4) is 5.75 Å². The number of fused-ring (bicyclic) bond motifs is 1. The molecule has 1 heterocycles. The maximum Gasteiger partial charge on any atom is 0.242 e. The highest BCUT2D eigenvalue weighted by atomic mass is 16.3. The zero-order valence-corrected chi connectivity index (χ0v) is 13.9. The average molecular weight is 326 g/mol. The first kappa shape index (κ1) is 16.3. The lowest BCUT2D eigenvalue weighted by molar-refractivity contribution is -0.145. The number of amides is 2. The Labute approximate surface area is 141 Å². The maximum atomic E-state index is 12.4. The van der Waals surface area contributed by atoms with Crippen LogP contribution in [0.15, 0.2) is 36.4 Å². The molecule has 1 fully saturated rings. The van der Waals surface area contributed by atoms with Crippen LogP contribution in [-0.4, -0.2) is 52.9 Å². The van der Waals surface area contributed by atoms with Crippen molar-refractivity contribution in [3.05, 3.63) is 42.0 Å². The summed E-state index contributed by atoms with van der Waals surface area (Å²) in [5.74, 6) is 0.213. The smallest absolute Gasteiger partial charge is 0.242 e. The molecule has 1 aliphatic heterocycles. The normalized spacial score (nSPS) is 15.1. The van der Waals surface area contributed by atoms with E-state index in [0.717, 1.165) is 16.3 Å². The van der Waals surface area contributed by atoms with E-state index in [1.165, 1.54) is 0 Å². The van der Waals surface area contributed by atoms with Gasteiger partial charge in [0.15, 0.2) is 0 Å². The predicted molar refractivity (Wildman–Crippen MR) is 92.8 cm³/mol. The number of piperazine rings is 1. The number of carbonyl (C=O) groups is 2. The van der Waals surface area contributed by atoms with Gasteiger partial charge in [-0.3, -0.25) is 9.59 Å². The summed E-state index contributed by atoms with van der Waals surface area (Å²) in [6.45, 7) is 3.98. The van der Waals surface area contributed by atoms with Gasteiger partial charge < -0.3 is 14.9 Å². The highest BCUT2D eigenvalue weighted by Crippen LogP contribution is 2.29. The number of carbonyl (C=O) groups excluding carboxylic acids is 2. The molecule has 0 bridgehead atoms. The monoisotopic (exact) mass is 326 g/mol. The molecule has 2 aromatic rings. The number of nitrogens with zero attached hydrogens (tertiary/aromatic N) is 2. The second-order valence-electron chi connectivity index (χ2n) is 6.08. The predicted octanol–water partition coefficient (Wildman–Crippen LogP) is 2.17. The summed E-state index contributed by atoms with van der Waals surface area (Å²) in [5, 5.41) is 12.2. The third kappa shape index (κ3) is 3.20. The van der Waals surface area contributed by atoms with E-state index in [4.69, 9.17) is 0 Å². The first-order chi connectivity index (χ1) is 11.6. The van der Waals surface area contributed by atoms with Crippen molar-refractivity contribution in [2.45, 2.75) is 19.8 Å². The highest BCUT2D eigenvalue weighted by Gasteiger charge is 2.25. The molecular weight excluding hydrogens is 304 g/mol. The minimum absolute atomic E-state index is 0.00523. The first-order valence-electron chi connectivity index (χ1n) is 8.35. The SMILES string of the molecule is CCN1CCN(C(=O)CCc2ccc3ccccc3c2O)CC1=O. The van der Waals surface area contributed by atoms with Gasteiger partial charge in [-0.05, 0) is 24.3 Å². The van der Waals surface area contributed by atoms with E-state index in [-0.39, 0.29) is 24.1 Å². The maximum absolute atomic E-state index is 12.4. The molecule has 1 N–H and O–H groups in total. The van der Waals surface area contributed by atoms with E-state index in [1.54, 1.807) is 9.80 Å². The van der Waals surface area contributed by atoms with E-state index in [0.29, 0.717) is 32.5 Å². The van der Waals surface area contributed by atoms with Gasteiger partial charge in [-0.15, -0.1) is 0 Å². The van der Waals surface area contributed by atoms with Crippen LogP contribution >= 0.6 is 0 Å². The largest absolute Gasteiger partial charge is 0.507 e. The van der Waals surface area contributed by atoms with Crippen LogP contribution in [0.25, 0.3) is 10.8 Å². The molecule has 0 aromatic heterocycles. The summed E-state index contributed by atoms with van der Waals surface area (Å²) in [5.41, 5.74) is 0.764. The van der Waals surface area contributed by atoms with E-state index >= 15 is 0 Å². The van der Waals surface area contributed by atoms with Gasteiger partial charge in [0.05, 0.1) is 6.54 Å². The molecule has 0 saturated carbocycles. The minimum atomic E-state index is -0.0355. The summed E-state index contributed by atoms with van der Waals surface area (Å²) in [6.07, 6.45) is 0.767. The lowest BCUT2D eigenvalue weighted by Crippen LogP contribution is -2.52.